The van der Waals surface area contributed by atoms with Crippen LogP contribution in [-0.2, 0) is 0 Å². The lowest BCUT2D eigenvalue weighted by atomic mass is 9.76. The predicted octanol–water partition coefficient (Wildman–Crippen LogP) is 5.23. The molecule has 1 saturated heterocycles. The normalized spacial score (nSPS) is 23.0. The van der Waals surface area contributed by atoms with Gasteiger partial charge in [-0.05, 0) is 36.0 Å². The van der Waals surface area contributed by atoms with Crippen molar-refractivity contribution in [1.82, 2.24) is 4.98 Å². The van der Waals surface area contributed by atoms with E-state index in [4.69, 9.17) is 4.98 Å². The maximum Gasteiger partial charge on any atom is 0.187 e. The summed E-state index contributed by atoms with van der Waals surface area (Å²) in [6.45, 7) is -0.00397. The van der Waals surface area contributed by atoms with Gasteiger partial charge in [0.05, 0.1) is 24.4 Å². The van der Waals surface area contributed by atoms with Gasteiger partial charge in [0.1, 0.15) is 6.04 Å². The number of hydrogen-bond donors (Lipinski definition) is 1. The summed E-state index contributed by atoms with van der Waals surface area (Å²) in [6.07, 6.45) is 5.86. The van der Waals surface area contributed by atoms with Crippen molar-refractivity contribution in [2.75, 3.05) is 11.5 Å². The van der Waals surface area contributed by atoms with Crippen LogP contribution < -0.4 is 4.90 Å². The molecule has 2 aliphatic rings. The Balaban J connectivity index is 1.40. The van der Waals surface area contributed by atoms with Crippen molar-refractivity contribution in [3.05, 3.63) is 77.2 Å². The van der Waals surface area contributed by atoms with E-state index in [2.05, 4.69) is 36.4 Å². The number of aliphatic hydroxyl groups excluding tert-OH is 1. The molecule has 1 aliphatic heterocycles. The summed E-state index contributed by atoms with van der Waals surface area (Å²) in [5, 5.41) is 22.9. The third-order valence-electron chi connectivity index (χ3n) is 6.22. The highest BCUT2D eigenvalue weighted by atomic mass is 32.1. The lowest BCUT2D eigenvalue weighted by Gasteiger charge is -2.51. The molecular formula is C25H23N3OS. The zero-order chi connectivity index (χ0) is 20.5. The molecule has 30 heavy (non-hydrogen) atoms. The van der Waals surface area contributed by atoms with Gasteiger partial charge in [-0.15, -0.1) is 11.3 Å². The van der Waals surface area contributed by atoms with E-state index in [1.54, 1.807) is 0 Å². The van der Waals surface area contributed by atoms with Crippen LogP contribution in [0.25, 0.3) is 16.8 Å². The molecule has 1 aliphatic carbocycles. The van der Waals surface area contributed by atoms with Crippen molar-refractivity contribution >= 4 is 22.0 Å². The molecule has 3 aromatic rings. The summed E-state index contributed by atoms with van der Waals surface area (Å²) in [6, 6.07) is 20.6. The van der Waals surface area contributed by atoms with Gasteiger partial charge in [-0.25, -0.2) is 4.98 Å². The second kappa shape index (κ2) is 8.06. The Bertz CT molecular complexity index is 1100. The SMILES string of the molecule is N#C[C@H]1[C@@H](c2ccc(C3=CCCC3)cc2)[C@H](CO)N1c1nc(-c2ccccc2)cs1. The van der Waals surface area contributed by atoms with Gasteiger partial charge in [0.2, 0.25) is 0 Å². The molecule has 1 N–H and O–H groups in total. The maximum absolute atomic E-state index is 10.1. The van der Waals surface area contributed by atoms with Crippen LogP contribution in [0.2, 0.25) is 0 Å². The molecule has 1 fully saturated rings. The molecule has 0 spiro atoms. The third-order valence-corrected chi connectivity index (χ3v) is 7.07. The number of thiazole rings is 1. The Morgan fingerprint density at radius 3 is 2.57 bits per heavy atom. The monoisotopic (exact) mass is 413 g/mol. The summed E-state index contributed by atoms with van der Waals surface area (Å²) in [7, 11) is 0. The fourth-order valence-corrected chi connectivity index (χ4v) is 5.57. The van der Waals surface area contributed by atoms with Crippen LogP contribution in [0.4, 0.5) is 5.13 Å². The van der Waals surface area contributed by atoms with Crippen LogP contribution in [0.1, 0.15) is 36.3 Å². The molecule has 0 bridgehead atoms. The van der Waals surface area contributed by atoms with Gasteiger partial charge < -0.3 is 10.0 Å². The van der Waals surface area contributed by atoms with E-state index in [-0.39, 0.29) is 24.6 Å². The van der Waals surface area contributed by atoms with Crippen LogP contribution in [0.15, 0.2) is 66.1 Å². The summed E-state index contributed by atoms with van der Waals surface area (Å²) in [4.78, 5) is 6.75. The second-order valence-electron chi connectivity index (χ2n) is 7.88. The zero-order valence-electron chi connectivity index (χ0n) is 16.6. The minimum atomic E-state index is -0.325. The first-order valence-corrected chi connectivity index (χ1v) is 11.3. The molecular weight excluding hydrogens is 390 g/mol. The van der Waals surface area contributed by atoms with E-state index in [1.807, 2.05) is 40.6 Å². The fraction of sp³-hybridized carbons (Fsp3) is 0.280. The molecule has 5 heteroatoms. The third kappa shape index (κ3) is 3.23. The smallest absolute Gasteiger partial charge is 0.187 e. The highest BCUT2D eigenvalue weighted by Crippen LogP contribution is 2.45. The van der Waals surface area contributed by atoms with Crippen molar-refractivity contribution < 1.29 is 5.11 Å². The van der Waals surface area contributed by atoms with Gasteiger partial charge in [-0.1, -0.05) is 60.7 Å². The number of nitrogens with zero attached hydrogens (tertiary/aromatic N) is 3. The van der Waals surface area contributed by atoms with E-state index < -0.39 is 0 Å². The molecule has 150 valence electrons. The van der Waals surface area contributed by atoms with E-state index >= 15 is 0 Å². The summed E-state index contributed by atoms with van der Waals surface area (Å²) >= 11 is 1.53. The lowest BCUT2D eigenvalue weighted by Crippen LogP contribution is -2.63. The Hall–Kier alpha value is -2.94. The van der Waals surface area contributed by atoms with Crippen LogP contribution in [0.5, 0.6) is 0 Å². The van der Waals surface area contributed by atoms with Crippen molar-refractivity contribution in [1.29, 1.82) is 5.26 Å². The molecule has 3 atom stereocenters. The summed E-state index contributed by atoms with van der Waals surface area (Å²) < 4.78 is 0. The fourth-order valence-electron chi connectivity index (χ4n) is 4.65. The van der Waals surface area contributed by atoms with Crippen molar-refractivity contribution in [2.45, 2.75) is 37.3 Å². The number of allylic oxidation sites excluding steroid dienone is 2. The minimum absolute atomic E-state index is 0.00397. The quantitative estimate of drug-likeness (QED) is 0.622. The Kier molecular flexibility index (Phi) is 5.12. The second-order valence-corrected chi connectivity index (χ2v) is 8.72. The number of aromatic nitrogens is 1. The molecule has 5 rings (SSSR count). The number of nitriles is 1. The van der Waals surface area contributed by atoms with E-state index in [0.29, 0.717) is 0 Å². The van der Waals surface area contributed by atoms with Gasteiger partial charge in [0.15, 0.2) is 5.13 Å². The number of aliphatic hydroxyl groups is 1. The molecule has 0 saturated carbocycles. The van der Waals surface area contributed by atoms with E-state index in [1.165, 1.54) is 28.9 Å². The Labute approximate surface area is 180 Å². The van der Waals surface area contributed by atoms with Crippen molar-refractivity contribution in [3.8, 4) is 17.3 Å². The van der Waals surface area contributed by atoms with Crippen molar-refractivity contribution in [3.63, 3.8) is 0 Å². The first-order chi connectivity index (χ1) is 14.8. The summed E-state index contributed by atoms with van der Waals surface area (Å²) in [5.41, 5.74) is 5.76. The summed E-state index contributed by atoms with van der Waals surface area (Å²) in [5.74, 6) is -0.0179. The van der Waals surface area contributed by atoms with Crippen LogP contribution >= 0.6 is 11.3 Å². The minimum Gasteiger partial charge on any atom is -0.394 e. The van der Waals surface area contributed by atoms with Gasteiger partial charge >= 0.3 is 0 Å². The molecule has 0 unspecified atom stereocenters. The van der Waals surface area contributed by atoms with Gasteiger partial charge in [-0.2, -0.15) is 5.26 Å². The maximum atomic E-state index is 10.1. The van der Waals surface area contributed by atoms with E-state index in [0.717, 1.165) is 34.8 Å². The van der Waals surface area contributed by atoms with Crippen LogP contribution in [-0.4, -0.2) is 28.8 Å². The van der Waals surface area contributed by atoms with Crippen LogP contribution in [0.3, 0.4) is 0 Å². The number of benzene rings is 2. The number of rotatable bonds is 5. The molecule has 0 radical (unpaired) electrons. The molecule has 0 amide bonds. The molecule has 4 nitrogen and oxygen atoms in total. The van der Waals surface area contributed by atoms with Gasteiger partial charge in [-0.3, -0.25) is 0 Å². The molecule has 2 heterocycles. The van der Waals surface area contributed by atoms with Crippen LogP contribution in [0, 0.1) is 11.3 Å². The highest BCUT2D eigenvalue weighted by molar-refractivity contribution is 7.14. The Morgan fingerprint density at radius 1 is 1.10 bits per heavy atom. The first kappa shape index (κ1) is 19.0. The predicted molar refractivity (Wildman–Crippen MR) is 121 cm³/mol. The lowest BCUT2D eigenvalue weighted by molar-refractivity contribution is 0.187. The standard InChI is InChI=1S/C25H23N3OS/c26-14-22-24(20-12-10-18(11-13-20)17-6-4-5-7-17)23(15-29)28(22)25-27-21(16-30-25)19-8-2-1-3-9-19/h1-3,6,8-13,16,22-24,29H,4-5,7,15H2/t22-,23-,24+/m0/s1. The first-order valence-electron chi connectivity index (χ1n) is 10.4. The topological polar surface area (TPSA) is 60.1 Å². The van der Waals surface area contributed by atoms with E-state index in [9.17, 15) is 10.4 Å². The Morgan fingerprint density at radius 2 is 1.90 bits per heavy atom. The number of anilines is 1. The largest absolute Gasteiger partial charge is 0.394 e. The average molecular weight is 414 g/mol. The number of hydrogen-bond acceptors (Lipinski definition) is 5. The zero-order valence-corrected chi connectivity index (χ0v) is 17.4. The highest BCUT2D eigenvalue weighted by Gasteiger charge is 2.50. The van der Waals surface area contributed by atoms with Gasteiger partial charge in [0, 0.05) is 16.9 Å². The average Bonchev–Trinajstić information content (AvgIpc) is 3.48. The molecule has 2 aromatic carbocycles. The van der Waals surface area contributed by atoms with Crippen molar-refractivity contribution in [2.24, 2.45) is 0 Å². The molecule has 1 aromatic heterocycles. The van der Waals surface area contributed by atoms with Gasteiger partial charge in [0.25, 0.3) is 0 Å².